The number of rotatable bonds is 9. The van der Waals surface area contributed by atoms with Gasteiger partial charge >= 0.3 is 0 Å². The molecule has 0 aliphatic heterocycles. The lowest BCUT2D eigenvalue weighted by Gasteiger charge is -2.22. The van der Waals surface area contributed by atoms with Gasteiger partial charge < -0.3 is 10.2 Å². The van der Waals surface area contributed by atoms with E-state index in [1.807, 2.05) is 38.1 Å². The molecular formula is C17H26ClN3O2. The van der Waals surface area contributed by atoms with Crippen LogP contribution in [0.1, 0.15) is 19.4 Å². The van der Waals surface area contributed by atoms with Crippen molar-refractivity contribution in [3.63, 3.8) is 0 Å². The lowest BCUT2D eigenvalue weighted by Crippen LogP contribution is -2.42. The molecule has 0 aromatic heterocycles. The second-order valence-corrected chi connectivity index (χ2v) is 5.90. The molecule has 0 aliphatic rings. The number of benzene rings is 1. The summed E-state index contributed by atoms with van der Waals surface area (Å²) in [7, 11) is 1.78. The minimum atomic E-state index is -0.0816. The minimum Gasteiger partial charge on any atom is -0.355 e. The Morgan fingerprint density at radius 2 is 1.87 bits per heavy atom. The molecule has 1 N–H and O–H groups in total. The van der Waals surface area contributed by atoms with Crippen LogP contribution in [0.25, 0.3) is 0 Å². The molecule has 0 heterocycles. The first-order valence-electron chi connectivity index (χ1n) is 7.93. The molecule has 0 unspecified atom stereocenters. The summed E-state index contributed by atoms with van der Waals surface area (Å²) in [6.07, 6.45) is 0.731. The van der Waals surface area contributed by atoms with E-state index in [0.717, 1.165) is 12.0 Å². The number of carbonyl (C=O) groups is 2. The molecule has 5 nitrogen and oxygen atoms in total. The Hall–Kier alpha value is -1.59. The molecule has 1 rings (SSSR count). The van der Waals surface area contributed by atoms with Crippen LogP contribution in [0.3, 0.4) is 0 Å². The average Bonchev–Trinajstić information content (AvgIpc) is 2.48. The van der Waals surface area contributed by atoms with Gasteiger partial charge in [0, 0.05) is 24.7 Å². The van der Waals surface area contributed by atoms with E-state index in [1.54, 1.807) is 16.8 Å². The van der Waals surface area contributed by atoms with E-state index in [4.69, 9.17) is 11.6 Å². The number of amides is 2. The van der Waals surface area contributed by atoms with Crippen molar-refractivity contribution in [1.29, 1.82) is 0 Å². The van der Waals surface area contributed by atoms with Gasteiger partial charge in [-0.3, -0.25) is 14.5 Å². The van der Waals surface area contributed by atoms with E-state index in [2.05, 4.69) is 5.32 Å². The Bertz CT molecular complexity index is 518. The van der Waals surface area contributed by atoms with Crippen molar-refractivity contribution in [3.8, 4) is 0 Å². The fourth-order valence-corrected chi connectivity index (χ4v) is 2.52. The van der Waals surface area contributed by atoms with Crippen molar-refractivity contribution in [2.75, 3.05) is 39.8 Å². The van der Waals surface area contributed by atoms with Crippen LogP contribution in [0.5, 0.6) is 0 Å². The summed E-state index contributed by atoms with van der Waals surface area (Å²) in [4.78, 5) is 27.4. The van der Waals surface area contributed by atoms with E-state index in [0.29, 0.717) is 24.7 Å². The van der Waals surface area contributed by atoms with Gasteiger partial charge in [-0.1, -0.05) is 23.7 Å². The van der Waals surface area contributed by atoms with Crippen LogP contribution in [-0.2, 0) is 16.0 Å². The standard InChI is InChI=1S/C17H26ClN3O2/c1-4-21(5-2)17(23)13-20(3)12-16(22)19-10-9-14-7-6-8-15(18)11-14/h6-8,11H,4-5,9-10,12-13H2,1-3H3,(H,19,22). The Balaban J connectivity index is 2.29. The molecule has 0 fully saturated rings. The van der Waals surface area contributed by atoms with Crippen molar-refractivity contribution < 1.29 is 9.59 Å². The average molecular weight is 340 g/mol. The van der Waals surface area contributed by atoms with Crippen molar-refractivity contribution in [3.05, 3.63) is 34.9 Å². The van der Waals surface area contributed by atoms with Crippen molar-refractivity contribution in [2.45, 2.75) is 20.3 Å². The fourth-order valence-electron chi connectivity index (χ4n) is 2.30. The van der Waals surface area contributed by atoms with Crippen LogP contribution in [0.4, 0.5) is 0 Å². The number of nitrogens with one attached hydrogen (secondary N) is 1. The lowest BCUT2D eigenvalue weighted by atomic mass is 10.1. The normalized spacial score (nSPS) is 10.7. The quantitative estimate of drug-likeness (QED) is 0.746. The predicted octanol–water partition coefficient (Wildman–Crippen LogP) is 1.80. The van der Waals surface area contributed by atoms with Gasteiger partial charge in [0.15, 0.2) is 0 Å². The molecule has 6 heteroatoms. The SMILES string of the molecule is CCN(CC)C(=O)CN(C)CC(=O)NCCc1cccc(Cl)c1. The third-order valence-corrected chi connectivity index (χ3v) is 3.79. The summed E-state index contributed by atoms with van der Waals surface area (Å²) in [5, 5.41) is 3.56. The molecule has 23 heavy (non-hydrogen) atoms. The molecule has 1 aromatic rings. The minimum absolute atomic E-state index is 0.0456. The zero-order valence-corrected chi connectivity index (χ0v) is 14.9. The van der Waals surface area contributed by atoms with Gasteiger partial charge in [0.1, 0.15) is 0 Å². The van der Waals surface area contributed by atoms with Crippen molar-refractivity contribution in [1.82, 2.24) is 15.1 Å². The Morgan fingerprint density at radius 1 is 1.17 bits per heavy atom. The first-order valence-corrected chi connectivity index (χ1v) is 8.31. The van der Waals surface area contributed by atoms with Crippen LogP contribution < -0.4 is 5.32 Å². The second kappa shape index (κ2) is 10.2. The van der Waals surface area contributed by atoms with Crippen LogP contribution >= 0.6 is 11.6 Å². The number of nitrogens with zero attached hydrogens (tertiary/aromatic N) is 2. The van der Waals surface area contributed by atoms with Crippen LogP contribution in [0.15, 0.2) is 24.3 Å². The maximum absolute atomic E-state index is 12.0. The Morgan fingerprint density at radius 3 is 2.48 bits per heavy atom. The highest BCUT2D eigenvalue weighted by atomic mass is 35.5. The third kappa shape index (κ3) is 7.48. The topological polar surface area (TPSA) is 52.7 Å². The lowest BCUT2D eigenvalue weighted by molar-refractivity contribution is -0.132. The van der Waals surface area contributed by atoms with Crippen molar-refractivity contribution >= 4 is 23.4 Å². The molecule has 0 saturated heterocycles. The largest absolute Gasteiger partial charge is 0.355 e. The summed E-state index contributed by atoms with van der Waals surface area (Å²) in [5.74, 6) is -0.0360. The first-order chi connectivity index (χ1) is 11.0. The summed E-state index contributed by atoms with van der Waals surface area (Å²) in [6, 6.07) is 7.59. The number of carbonyl (C=O) groups excluding carboxylic acids is 2. The smallest absolute Gasteiger partial charge is 0.236 e. The number of likely N-dealkylation sites (N-methyl/N-ethyl adjacent to an activating group) is 2. The molecule has 128 valence electrons. The Labute approximate surface area is 143 Å². The summed E-state index contributed by atoms with van der Waals surface area (Å²) in [5.41, 5.74) is 1.09. The van der Waals surface area contributed by atoms with Gasteiger partial charge in [-0.25, -0.2) is 0 Å². The van der Waals surface area contributed by atoms with Gasteiger partial charge in [0.2, 0.25) is 11.8 Å². The maximum Gasteiger partial charge on any atom is 0.236 e. The van der Waals surface area contributed by atoms with Gasteiger partial charge in [0.05, 0.1) is 13.1 Å². The zero-order chi connectivity index (χ0) is 17.2. The molecule has 0 spiro atoms. The summed E-state index contributed by atoms with van der Waals surface area (Å²) >= 11 is 5.92. The van der Waals surface area contributed by atoms with Gasteiger partial charge in [-0.15, -0.1) is 0 Å². The van der Waals surface area contributed by atoms with E-state index < -0.39 is 0 Å². The highest BCUT2D eigenvalue weighted by Gasteiger charge is 2.14. The number of hydrogen-bond donors (Lipinski definition) is 1. The van der Waals surface area contributed by atoms with Crippen LogP contribution in [0.2, 0.25) is 5.02 Å². The van der Waals surface area contributed by atoms with Gasteiger partial charge in [-0.2, -0.15) is 0 Å². The van der Waals surface area contributed by atoms with Crippen molar-refractivity contribution in [2.24, 2.45) is 0 Å². The fraction of sp³-hybridized carbons (Fsp3) is 0.529. The zero-order valence-electron chi connectivity index (χ0n) is 14.1. The molecule has 0 atom stereocenters. The highest BCUT2D eigenvalue weighted by Crippen LogP contribution is 2.10. The molecule has 0 radical (unpaired) electrons. The molecule has 0 aliphatic carbocycles. The molecule has 0 bridgehead atoms. The Kier molecular flexibility index (Phi) is 8.66. The second-order valence-electron chi connectivity index (χ2n) is 5.47. The molecule has 1 aromatic carbocycles. The van der Waals surface area contributed by atoms with Gasteiger partial charge in [-0.05, 0) is 45.0 Å². The summed E-state index contributed by atoms with van der Waals surface area (Å²) < 4.78 is 0. The molecule has 2 amide bonds. The summed E-state index contributed by atoms with van der Waals surface area (Å²) in [6.45, 7) is 6.29. The van der Waals surface area contributed by atoms with E-state index >= 15 is 0 Å². The maximum atomic E-state index is 12.0. The highest BCUT2D eigenvalue weighted by molar-refractivity contribution is 6.30. The first kappa shape index (κ1) is 19.5. The van der Waals surface area contributed by atoms with E-state index in [-0.39, 0.29) is 24.9 Å². The van der Waals surface area contributed by atoms with E-state index in [9.17, 15) is 9.59 Å². The third-order valence-electron chi connectivity index (χ3n) is 3.56. The molecular weight excluding hydrogens is 314 g/mol. The monoisotopic (exact) mass is 339 g/mol. The predicted molar refractivity (Wildman–Crippen MR) is 93.6 cm³/mol. The number of hydrogen-bond acceptors (Lipinski definition) is 3. The van der Waals surface area contributed by atoms with Crippen LogP contribution in [0, 0.1) is 0 Å². The molecule has 0 saturated carbocycles. The number of halogens is 1. The van der Waals surface area contributed by atoms with Gasteiger partial charge in [0.25, 0.3) is 0 Å². The van der Waals surface area contributed by atoms with Crippen LogP contribution in [-0.4, -0.2) is 61.4 Å². The van der Waals surface area contributed by atoms with E-state index in [1.165, 1.54) is 0 Å².